The molecule has 0 atom stereocenters. The van der Waals surface area contributed by atoms with Crippen molar-refractivity contribution in [3.8, 4) is 11.1 Å². The smallest absolute Gasteiger partial charge is 0.254 e. The number of anilines is 2. The van der Waals surface area contributed by atoms with E-state index in [0.29, 0.717) is 33.3 Å². The predicted molar refractivity (Wildman–Crippen MR) is 121 cm³/mol. The molecule has 0 spiro atoms. The van der Waals surface area contributed by atoms with Crippen LogP contribution in [0.4, 0.5) is 15.8 Å². The maximum atomic E-state index is 15.0. The highest BCUT2D eigenvalue weighted by Crippen LogP contribution is 2.34. The number of nitrogens with one attached hydrogen (secondary N) is 2. The van der Waals surface area contributed by atoms with Gasteiger partial charge in [0.1, 0.15) is 5.82 Å². The van der Waals surface area contributed by atoms with E-state index in [9.17, 15) is 9.18 Å². The molecule has 0 saturated carbocycles. The summed E-state index contributed by atoms with van der Waals surface area (Å²) in [7, 11) is 1.57. The number of hydrogen-bond acceptors (Lipinski definition) is 4. The Morgan fingerprint density at radius 1 is 1.16 bits per heavy atom. The molecule has 1 amide bonds. The van der Waals surface area contributed by atoms with Gasteiger partial charge in [-0.15, -0.1) is 0 Å². The van der Waals surface area contributed by atoms with Crippen molar-refractivity contribution in [3.63, 3.8) is 0 Å². The molecule has 0 saturated heterocycles. The molecule has 6 nitrogen and oxygen atoms in total. The SMILES string of the molecule is CCCCn1cc(-c2cc3c(Nc4ccccc4)c(C(=O)NC)cnc3cc2F)cn1. The van der Waals surface area contributed by atoms with Crippen molar-refractivity contribution in [2.75, 3.05) is 12.4 Å². The number of carbonyl (C=O) groups excluding carboxylic acids is 1. The highest BCUT2D eigenvalue weighted by Gasteiger charge is 2.18. The number of benzene rings is 2. The Balaban J connectivity index is 1.86. The van der Waals surface area contributed by atoms with Crippen molar-refractivity contribution < 1.29 is 9.18 Å². The average molecular weight is 417 g/mol. The highest BCUT2D eigenvalue weighted by molar-refractivity contribution is 6.08. The van der Waals surface area contributed by atoms with Crippen LogP contribution in [0.25, 0.3) is 22.0 Å². The second-order valence-corrected chi connectivity index (χ2v) is 7.31. The fourth-order valence-corrected chi connectivity index (χ4v) is 3.49. The first-order chi connectivity index (χ1) is 15.1. The number of nitrogens with zero attached hydrogens (tertiary/aromatic N) is 3. The molecule has 4 aromatic rings. The van der Waals surface area contributed by atoms with Crippen LogP contribution < -0.4 is 10.6 Å². The quantitative estimate of drug-likeness (QED) is 0.437. The van der Waals surface area contributed by atoms with Gasteiger partial charge >= 0.3 is 0 Å². The fraction of sp³-hybridized carbons (Fsp3) is 0.208. The van der Waals surface area contributed by atoms with Gasteiger partial charge in [0.15, 0.2) is 0 Å². The third-order valence-electron chi connectivity index (χ3n) is 5.16. The summed E-state index contributed by atoms with van der Waals surface area (Å²) in [4.78, 5) is 16.8. The molecule has 0 fully saturated rings. The second kappa shape index (κ2) is 8.95. The van der Waals surface area contributed by atoms with Gasteiger partial charge in [-0.3, -0.25) is 14.5 Å². The van der Waals surface area contributed by atoms with Crippen LogP contribution in [0.3, 0.4) is 0 Å². The summed E-state index contributed by atoms with van der Waals surface area (Å²) in [6.07, 6.45) is 7.04. The lowest BCUT2D eigenvalue weighted by Gasteiger charge is -2.15. The number of aromatic nitrogens is 3. The maximum absolute atomic E-state index is 15.0. The molecule has 2 aromatic heterocycles. The Bertz CT molecular complexity index is 1220. The summed E-state index contributed by atoms with van der Waals surface area (Å²) in [5, 5.41) is 11.0. The minimum atomic E-state index is -0.381. The number of rotatable bonds is 7. The van der Waals surface area contributed by atoms with Crippen molar-refractivity contribution in [2.45, 2.75) is 26.3 Å². The van der Waals surface area contributed by atoms with E-state index in [1.807, 2.05) is 41.2 Å². The summed E-state index contributed by atoms with van der Waals surface area (Å²) in [5.74, 6) is -0.653. The van der Waals surface area contributed by atoms with Crippen LogP contribution in [0.2, 0.25) is 0 Å². The Labute approximate surface area is 180 Å². The summed E-state index contributed by atoms with van der Waals surface area (Å²) >= 11 is 0. The Kier molecular flexibility index (Phi) is 5.93. The molecule has 0 radical (unpaired) electrons. The molecule has 7 heteroatoms. The summed E-state index contributed by atoms with van der Waals surface area (Å²) < 4.78 is 16.8. The monoisotopic (exact) mass is 417 g/mol. The van der Waals surface area contributed by atoms with Gasteiger partial charge in [0.2, 0.25) is 0 Å². The molecular weight excluding hydrogens is 393 g/mol. The summed E-state index contributed by atoms with van der Waals surface area (Å²) in [6.45, 7) is 2.90. The Hall–Kier alpha value is -3.74. The number of unbranched alkanes of at least 4 members (excludes halogenated alkanes) is 1. The van der Waals surface area contributed by atoms with Crippen molar-refractivity contribution >= 4 is 28.2 Å². The lowest BCUT2D eigenvalue weighted by Crippen LogP contribution is -2.19. The van der Waals surface area contributed by atoms with Gasteiger partial charge in [-0.05, 0) is 24.6 Å². The van der Waals surface area contributed by atoms with Gasteiger partial charge in [0.25, 0.3) is 5.91 Å². The van der Waals surface area contributed by atoms with E-state index in [1.54, 1.807) is 19.3 Å². The Morgan fingerprint density at radius 3 is 2.71 bits per heavy atom. The first kappa shape index (κ1) is 20.5. The van der Waals surface area contributed by atoms with Crippen LogP contribution in [-0.4, -0.2) is 27.7 Å². The van der Waals surface area contributed by atoms with Crippen LogP contribution in [0, 0.1) is 5.82 Å². The van der Waals surface area contributed by atoms with Crippen LogP contribution in [0.1, 0.15) is 30.1 Å². The van der Waals surface area contributed by atoms with Crippen molar-refractivity contribution in [1.82, 2.24) is 20.1 Å². The van der Waals surface area contributed by atoms with Crippen molar-refractivity contribution in [2.24, 2.45) is 0 Å². The molecule has 2 aromatic carbocycles. The largest absolute Gasteiger partial charge is 0.355 e. The number of halogens is 1. The number of carbonyl (C=O) groups is 1. The molecule has 0 bridgehead atoms. The zero-order valence-corrected chi connectivity index (χ0v) is 17.5. The van der Waals surface area contributed by atoms with Gasteiger partial charge in [0.05, 0.1) is 23.0 Å². The first-order valence-electron chi connectivity index (χ1n) is 10.3. The molecule has 2 N–H and O–H groups in total. The third kappa shape index (κ3) is 4.26. The number of amides is 1. The maximum Gasteiger partial charge on any atom is 0.254 e. The molecule has 4 rings (SSSR count). The lowest BCUT2D eigenvalue weighted by molar-refractivity contribution is 0.0963. The van der Waals surface area contributed by atoms with Gasteiger partial charge < -0.3 is 10.6 Å². The molecule has 0 aliphatic heterocycles. The van der Waals surface area contributed by atoms with E-state index in [4.69, 9.17) is 0 Å². The molecule has 0 unspecified atom stereocenters. The number of fused-ring (bicyclic) bond motifs is 1. The Morgan fingerprint density at radius 2 is 1.97 bits per heavy atom. The lowest BCUT2D eigenvalue weighted by atomic mass is 10.0. The average Bonchev–Trinajstić information content (AvgIpc) is 3.26. The van der Waals surface area contributed by atoms with E-state index >= 15 is 0 Å². The van der Waals surface area contributed by atoms with Crippen LogP contribution >= 0.6 is 0 Å². The predicted octanol–water partition coefficient (Wildman–Crippen LogP) is 5.14. The van der Waals surface area contributed by atoms with Crippen LogP contribution in [-0.2, 0) is 6.54 Å². The number of aryl methyl sites for hydroxylation is 1. The topological polar surface area (TPSA) is 71.8 Å². The number of hydrogen-bond donors (Lipinski definition) is 2. The van der Waals surface area contributed by atoms with Gasteiger partial charge in [-0.2, -0.15) is 5.10 Å². The zero-order chi connectivity index (χ0) is 21.8. The van der Waals surface area contributed by atoms with E-state index in [2.05, 4.69) is 27.6 Å². The first-order valence-corrected chi connectivity index (χ1v) is 10.3. The van der Waals surface area contributed by atoms with E-state index in [-0.39, 0.29) is 11.7 Å². The second-order valence-electron chi connectivity index (χ2n) is 7.31. The standard InChI is InChI=1S/C24H24FN5O/c1-3-4-10-30-15-16(13-28-30)18-11-19-22(12-21(18)25)27-14-20(24(31)26-2)23(19)29-17-8-6-5-7-9-17/h5-9,11-15H,3-4,10H2,1-2H3,(H,26,31)(H,27,29). The normalized spacial score (nSPS) is 10.9. The molecule has 31 heavy (non-hydrogen) atoms. The van der Waals surface area contributed by atoms with E-state index in [0.717, 1.165) is 25.1 Å². The van der Waals surface area contributed by atoms with Gasteiger partial charge in [-0.1, -0.05) is 31.5 Å². The third-order valence-corrected chi connectivity index (χ3v) is 5.16. The molecule has 0 aliphatic carbocycles. The van der Waals surface area contributed by atoms with Gasteiger partial charge in [0, 0.05) is 54.3 Å². The summed E-state index contributed by atoms with van der Waals surface area (Å²) in [6, 6.07) is 12.7. The van der Waals surface area contributed by atoms with Crippen molar-refractivity contribution in [3.05, 3.63) is 72.4 Å². The van der Waals surface area contributed by atoms with Crippen LogP contribution in [0.15, 0.2) is 61.1 Å². The van der Waals surface area contributed by atoms with Crippen molar-refractivity contribution in [1.29, 1.82) is 0 Å². The van der Waals surface area contributed by atoms with Crippen LogP contribution in [0.5, 0.6) is 0 Å². The van der Waals surface area contributed by atoms with E-state index in [1.165, 1.54) is 12.3 Å². The van der Waals surface area contributed by atoms with E-state index < -0.39 is 0 Å². The minimum Gasteiger partial charge on any atom is -0.355 e. The minimum absolute atomic E-state index is 0.272. The molecule has 2 heterocycles. The zero-order valence-electron chi connectivity index (χ0n) is 17.5. The highest BCUT2D eigenvalue weighted by atomic mass is 19.1. The molecular formula is C24H24FN5O. The number of pyridine rings is 1. The summed E-state index contributed by atoms with van der Waals surface area (Å²) in [5.41, 5.74) is 3.35. The molecule has 158 valence electrons. The number of para-hydroxylation sites is 1. The fourth-order valence-electron chi connectivity index (χ4n) is 3.49. The van der Waals surface area contributed by atoms with Gasteiger partial charge in [-0.25, -0.2) is 4.39 Å². The molecule has 0 aliphatic rings.